The first-order valence-corrected chi connectivity index (χ1v) is 10.4. The van der Waals surface area contributed by atoms with Crippen molar-refractivity contribution < 1.29 is 0 Å². The summed E-state index contributed by atoms with van der Waals surface area (Å²) in [6.07, 6.45) is 8.32. The minimum Gasteiger partial charge on any atom is -0.398 e. The smallest absolute Gasteiger partial charge is 0.132 e. The van der Waals surface area contributed by atoms with Crippen LogP contribution in [-0.2, 0) is 12.8 Å². The Bertz CT molecular complexity index is 806. The van der Waals surface area contributed by atoms with Crippen molar-refractivity contribution >= 4 is 28.6 Å². The molecule has 0 saturated carbocycles. The second kappa shape index (κ2) is 8.70. The highest BCUT2D eigenvalue weighted by Crippen LogP contribution is 2.37. The summed E-state index contributed by atoms with van der Waals surface area (Å²) in [5.41, 5.74) is 11.4. The van der Waals surface area contributed by atoms with Crippen LogP contribution in [0.3, 0.4) is 0 Å². The van der Waals surface area contributed by atoms with Crippen LogP contribution in [0.1, 0.15) is 56.2 Å². The number of nitrogens with zero attached hydrogens (tertiary/aromatic N) is 2. The van der Waals surface area contributed by atoms with Crippen LogP contribution in [0.4, 0.5) is 11.5 Å². The van der Waals surface area contributed by atoms with Crippen LogP contribution < -0.4 is 16.0 Å². The third-order valence-electron chi connectivity index (χ3n) is 5.87. The molecular formula is C22H33N5. The molecular weight excluding hydrogens is 334 g/mol. The van der Waals surface area contributed by atoms with Gasteiger partial charge in [0.2, 0.25) is 0 Å². The number of anilines is 2. The molecule has 5 heteroatoms. The van der Waals surface area contributed by atoms with E-state index in [1.165, 1.54) is 48.8 Å². The van der Waals surface area contributed by atoms with E-state index in [9.17, 15) is 0 Å². The molecule has 5 nitrogen and oxygen atoms in total. The molecule has 0 radical (unpaired) electrons. The van der Waals surface area contributed by atoms with Crippen LogP contribution >= 0.6 is 0 Å². The summed E-state index contributed by atoms with van der Waals surface area (Å²) in [4.78, 5) is 7.53. The summed E-state index contributed by atoms with van der Waals surface area (Å²) in [5.74, 6) is 1.18. The molecule has 1 aromatic carbocycles. The number of aromatic nitrogens is 1. The number of benzene rings is 1. The monoisotopic (exact) mass is 367 g/mol. The third-order valence-corrected chi connectivity index (χ3v) is 5.87. The standard InChI is InChI=1S/C20H27N5.C2H6/c1-23-13-8-10-25(11-9-13)20-15-5-3-2-4-14(15)19-16(12-21)17(22)6-7-18(19)24-20;1-2/h6-7,12-13,21,23H,2-5,8-11,22H2,1H3;1-2H3. The first-order valence-electron chi connectivity index (χ1n) is 10.4. The van der Waals surface area contributed by atoms with Crippen molar-refractivity contribution in [2.45, 2.75) is 58.4 Å². The van der Waals surface area contributed by atoms with Gasteiger partial charge in [-0.3, -0.25) is 0 Å². The van der Waals surface area contributed by atoms with Gasteiger partial charge in [-0.15, -0.1) is 0 Å². The molecule has 27 heavy (non-hydrogen) atoms. The summed E-state index contributed by atoms with van der Waals surface area (Å²) >= 11 is 0. The predicted octanol–water partition coefficient (Wildman–Crippen LogP) is 3.91. The number of fused-ring (bicyclic) bond motifs is 3. The largest absolute Gasteiger partial charge is 0.398 e. The zero-order valence-electron chi connectivity index (χ0n) is 16.9. The zero-order valence-corrected chi connectivity index (χ0v) is 16.9. The zero-order chi connectivity index (χ0) is 19.4. The van der Waals surface area contributed by atoms with Crippen molar-refractivity contribution in [1.82, 2.24) is 10.3 Å². The van der Waals surface area contributed by atoms with E-state index in [1.54, 1.807) is 0 Å². The highest BCUT2D eigenvalue weighted by atomic mass is 15.2. The van der Waals surface area contributed by atoms with Crippen LogP contribution in [0.2, 0.25) is 0 Å². The second-order valence-electron chi connectivity index (χ2n) is 7.26. The van der Waals surface area contributed by atoms with Gasteiger partial charge in [0.15, 0.2) is 0 Å². The molecule has 2 heterocycles. The van der Waals surface area contributed by atoms with Crippen LogP contribution in [0.15, 0.2) is 12.1 Å². The van der Waals surface area contributed by atoms with E-state index in [4.69, 9.17) is 16.1 Å². The predicted molar refractivity (Wildman–Crippen MR) is 116 cm³/mol. The third kappa shape index (κ3) is 3.65. The molecule has 1 aliphatic carbocycles. The summed E-state index contributed by atoms with van der Waals surface area (Å²) in [6.45, 7) is 6.12. The maximum absolute atomic E-state index is 7.83. The van der Waals surface area contributed by atoms with Gasteiger partial charge in [0.1, 0.15) is 5.82 Å². The van der Waals surface area contributed by atoms with Gasteiger partial charge < -0.3 is 21.4 Å². The summed E-state index contributed by atoms with van der Waals surface area (Å²) in [7, 11) is 2.06. The Labute approximate surface area is 162 Å². The molecule has 0 amide bonds. The first-order chi connectivity index (χ1) is 13.2. The van der Waals surface area contributed by atoms with E-state index < -0.39 is 0 Å². The molecule has 0 spiro atoms. The molecule has 2 aliphatic rings. The number of nitrogen functional groups attached to an aromatic ring is 1. The molecule has 1 aromatic heterocycles. The van der Waals surface area contributed by atoms with E-state index in [-0.39, 0.29) is 0 Å². The number of nitrogens with two attached hydrogens (primary N) is 1. The maximum atomic E-state index is 7.83. The van der Waals surface area contributed by atoms with Gasteiger partial charge in [-0.2, -0.15) is 0 Å². The number of rotatable bonds is 3. The lowest BCUT2D eigenvalue weighted by Gasteiger charge is -2.35. The lowest BCUT2D eigenvalue weighted by atomic mass is 9.87. The van der Waals surface area contributed by atoms with Crippen LogP contribution in [0.5, 0.6) is 0 Å². The topological polar surface area (TPSA) is 78.0 Å². The minimum absolute atomic E-state index is 0.622. The minimum atomic E-state index is 0.622. The Morgan fingerprint density at radius 2 is 1.81 bits per heavy atom. The normalized spacial score (nSPS) is 17.2. The van der Waals surface area contributed by atoms with E-state index in [0.717, 1.165) is 42.4 Å². The van der Waals surface area contributed by atoms with E-state index in [0.29, 0.717) is 11.7 Å². The van der Waals surface area contributed by atoms with Gasteiger partial charge in [-0.1, -0.05) is 13.8 Å². The fraction of sp³-hybridized carbons (Fsp3) is 0.545. The fourth-order valence-corrected chi connectivity index (χ4v) is 4.44. The average molecular weight is 368 g/mol. The molecule has 4 N–H and O–H groups in total. The number of pyridine rings is 1. The van der Waals surface area contributed by atoms with Gasteiger partial charge in [0, 0.05) is 42.0 Å². The number of hydrogen-bond acceptors (Lipinski definition) is 5. The average Bonchev–Trinajstić information content (AvgIpc) is 2.74. The first kappa shape index (κ1) is 19.6. The van der Waals surface area contributed by atoms with Crippen molar-refractivity contribution in [3.05, 3.63) is 28.8 Å². The second-order valence-corrected chi connectivity index (χ2v) is 7.26. The van der Waals surface area contributed by atoms with Gasteiger partial charge in [0.05, 0.1) is 5.52 Å². The van der Waals surface area contributed by atoms with Crippen molar-refractivity contribution in [2.75, 3.05) is 30.8 Å². The molecule has 2 aromatic rings. The SMILES string of the molecule is CC.CNC1CCN(c2nc3ccc(N)c(C=N)c3c3c2CCCC3)CC1. The maximum Gasteiger partial charge on any atom is 0.132 e. The lowest BCUT2D eigenvalue weighted by molar-refractivity contribution is 0.440. The van der Waals surface area contributed by atoms with Crippen molar-refractivity contribution in [3.63, 3.8) is 0 Å². The molecule has 0 atom stereocenters. The Balaban J connectivity index is 0.00000102. The van der Waals surface area contributed by atoms with Crippen LogP contribution in [0.25, 0.3) is 10.9 Å². The quantitative estimate of drug-likeness (QED) is 0.568. The number of hydrogen-bond donors (Lipinski definition) is 3. The molecule has 0 bridgehead atoms. The van der Waals surface area contributed by atoms with Crippen LogP contribution in [0, 0.1) is 5.41 Å². The van der Waals surface area contributed by atoms with Crippen LogP contribution in [-0.4, -0.2) is 37.4 Å². The van der Waals surface area contributed by atoms with Gasteiger partial charge >= 0.3 is 0 Å². The van der Waals surface area contributed by atoms with Gasteiger partial charge in [-0.25, -0.2) is 4.98 Å². The van der Waals surface area contributed by atoms with E-state index in [2.05, 4.69) is 17.3 Å². The number of aryl methyl sites for hydroxylation is 1. The molecule has 146 valence electrons. The van der Waals surface area contributed by atoms with Crippen molar-refractivity contribution in [1.29, 1.82) is 5.41 Å². The molecule has 4 rings (SSSR count). The summed E-state index contributed by atoms with van der Waals surface area (Å²) in [5, 5.41) is 12.3. The Hall–Kier alpha value is -2.14. The molecule has 0 unspecified atom stereocenters. The van der Waals surface area contributed by atoms with Gasteiger partial charge in [0.25, 0.3) is 0 Å². The molecule has 1 saturated heterocycles. The number of nitrogens with one attached hydrogen (secondary N) is 2. The molecule has 1 fully saturated rings. The van der Waals surface area contributed by atoms with E-state index in [1.807, 2.05) is 26.0 Å². The Morgan fingerprint density at radius 3 is 2.44 bits per heavy atom. The van der Waals surface area contributed by atoms with Gasteiger partial charge in [-0.05, 0) is 68.8 Å². The highest BCUT2D eigenvalue weighted by molar-refractivity contribution is 6.05. The van der Waals surface area contributed by atoms with Crippen molar-refractivity contribution in [3.8, 4) is 0 Å². The Kier molecular flexibility index (Phi) is 6.32. The lowest BCUT2D eigenvalue weighted by Crippen LogP contribution is -2.42. The summed E-state index contributed by atoms with van der Waals surface area (Å²) < 4.78 is 0. The number of piperidine rings is 1. The van der Waals surface area contributed by atoms with Crippen molar-refractivity contribution in [2.24, 2.45) is 0 Å². The molecule has 1 aliphatic heterocycles. The fourth-order valence-electron chi connectivity index (χ4n) is 4.44. The highest BCUT2D eigenvalue weighted by Gasteiger charge is 2.26. The van der Waals surface area contributed by atoms with E-state index >= 15 is 0 Å². The Morgan fingerprint density at radius 1 is 1.15 bits per heavy atom. The summed E-state index contributed by atoms with van der Waals surface area (Å²) in [6, 6.07) is 4.54.